The molecular formula is C8H15N3O2. The molecule has 0 bridgehead atoms. The lowest BCUT2D eigenvalue weighted by Gasteiger charge is -2.05. The first kappa shape index (κ1) is 10.1. The van der Waals surface area contributed by atoms with Gasteiger partial charge in [0.05, 0.1) is 13.0 Å². The van der Waals surface area contributed by atoms with Crippen molar-refractivity contribution in [2.75, 3.05) is 27.2 Å². The van der Waals surface area contributed by atoms with Crippen LogP contribution in [0.25, 0.3) is 0 Å². The molecule has 1 N–H and O–H groups in total. The van der Waals surface area contributed by atoms with Crippen LogP contribution in [0.4, 0.5) is 0 Å². The van der Waals surface area contributed by atoms with Crippen LogP contribution in [0, 0.1) is 0 Å². The number of likely N-dealkylation sites (N-methyl/N-ethyl adjacent to an activating group) is 1. The van der Waals surface area contributed by atoms with Crippen molar-refractivity contribution in [3.63, 3.8) is 0 Å². The van der Waals surface area contributed by atoms with Crippen LogP contribution in [0.2, 0.25) is 0 Å². The van der Waals surface area contributed by atoms with Crippen molar-refractivity contribution in [2.24, 2.45) is 0 Å². The van der Waals surface area contributed by atoms with Gasteiger partial charge < -0.3 is 14.5 Å². The topological polar surface area (TPSA) is 62.4 Å². The maximum atomic E-state index is 8.61. The summed E-state index contributed by atoms with van der Waals surface area (Å²) in [6.07, 6.45) is 1.22. The molecule has 0 aliphatic heterocycles. The van der Waals surface area contributed by atoms with Gasteiger partial charge in [0.15, 0.2) is 5.82 Å². The number of aliphatic hydroxyl groups excluding tert-OH is 1. The molecule has 1 aromatic heterocycles. The van der Waals surface area contributed by atoms with Crippen molar-refractivity contribution in [2.45, 2.75) is 12.8 Å². The number of hydrogen-bond acceptors (Lipinski definition) is 5. The smallest absolute Gasteiger partial charge is 0.228 e. The summed E-state index contributed by atoms with van der Waals surface area (Å²) in [6, 6.07) is 0. The SMILES string of the molecule is CN(C)CCc1noc(CCO)n1. The molecule has 1 aromatic rings. The second-order valence-electron chi connectivity index (χ2n) is 3.13. The van der Waals surface area contributed by atoms with Crippen molar-refractivity contribution in [1.82, 2.24) is 15.0 Å². The quantitative estimate of drug-likeness (QED) is 0.683. The van der Waals surface area contributed by atoms with Gasteiger partial charge in [-0.15, -0.1) is 0 Å². The summed E-state index contributed by atoms with van der Waals surface area (Å²) in [5, 5.41) is 12.4. The molecule has 0 saturated carbocycles. The zero-order chi connectivity index (χ0) is 9.68. The van der Waals surface area contributed by atoms with Gasteiger partial charge in [-0.05, 0) is 14.1 Å². The van der Waals surface area contributed by atoms with Crippen molar-refractivity contribution in [1.29, 1.82) is 0 Å². The Kier molecular flexibility index (Phi) is 3.85. The Hall–Kier alpha value is -0.940. The van der Waals surface area contributed by atoms with Gasteiger partial charge in [0, 0.05) is 13.0 Å². The number of aliphatic hydroxyl groups is 1. The molecule has 1 heterocycles. The van der Waals surface area contributed by atoms with Gasteiger partial charge in [-0.2, -0.15) is 4.98 Å². The third-order valence-electron chi connectivity index (χ3n) is 1.62. The molecular weight excluding hydrogens is 170 g/mol. The Labute approximate surface area is 77.4 Å². The lowest BCUT2D eigenvalue weighted by Crippen LogP contribution is -2.15. The zero-order valence-electron chi connectivity index (χ0n) is 8.03. The largest absolute Gasteiger partial charge is 0.396 e. The summed E-state index contributed by atoms with van der Waals surface area (Å²) in [7, 11) is 3.99. The molecule has 74 valence electrons. The highest BCUT2D eigenvalue weighted by Gasteiger charge is 2.05. The number of rotatable bonds is 5. The molecule has 0 aromatic carbocycles. The molecule has 13 heavy (non-hydrogen) atoms. The molecule has 0 aliphatic carbocycles. The van der Waals surface area contributed by atoms with Crippen LogP contribution in [0.3, 0.4) is 0 Å². The third kappa shape index (κ3) is 3.52. The monoisotopic (exact) mass is 185 g/mol. The average Bonchev–Trinajstić information content (AvgIpc) is 2.50. The number of nitrogens with zero attached hydrogens (tertiary/aromatic N) is 3. The van der Waals surface area contributed by atoms with Gasteiger partial charge in [-0.3, -0.25) is 0 Å². The molecule has 0 atom stereocenters. The zero-order valence-corrected chi connectivity index (χ0v) is 8.03. The van der Waals surface area contributed by atoms with Crippen LogP contribution < -0.4 is 0 Å². The van der Waals surface area contributed by atoms with Gasteiger partial charge in [0.25, 0.3) is 0 Å². The Balaban J connectivity index is 2.39. The average molecular weight is 185 g/mol. The molecule has 0 aliphatic rings. The Morgan fingerprint density at radius 3 is 2.77 bits per heavy atom. The van der Waals surface area contributed by atoms with E-state index in [1.807, 2.05) is 14.1 Å². The molecule has 0 amide bonds. The predicted molar refractivity (Wildman–Crippen MR) is 47.3 cm³/mol. The fourth-order valence-electron chi connectivity index (χ4n) is 0.912. The normalized spacial score (nSPS) is 11.1. The second kappa shape index (κ2) is 4.94. The number of hydrogen-bond donors (Lipinski definition) is 1. The fourth-order valence-corrected chi connectivity index (χ4v) is 0.912. The van der Waals surface area contributed by atoms with E-state index in [0.29, 0.717) is 18.1 Å². The molecule has 1 rings (SSSR count). The second-order valence-corrected chi connectivity index (χ2v) is 3.13. The maximum absolute atomic E-state index is 8.61. The minimum Gasteiger partial charge on any atom is -0.396 e. The molecule has 0 fully saturated rings. The summed E-state index contributed by atoms with van der Waals surface area (Å²) in [5.74, 6) is 1.22. The van der Waals surface area contributed by atoms with Crippen molar-refractivity contribution >= 4 is 0 Å². The minimum absolute atomic E-state index is 0.0509. The van der Waals surface area contributed by atoms with Crippen molar-refractivity contribution < 1.29 is 9.63 Å². The van der Waals surface area contributed by atoms with Crippen LogP contribution in [0.15, 0.2) is 4.52 Å². The van der Waals surface area contributed by atoms with Crippen LogP contribution in [-0.2, 0) is 12.8 Å². The highest BCUT2D eigenvalue weighted by molar-refractivity contribution is 4.86. The maximum Gasteiger partial charge on any atom is 0.228 e. The van der Waals surface area contributed by atoms with E-state index in [4.69, 9.17) is 9.63 Å². The van der Waals surface area contributed by atoms with E-state index in [-0.39, 0.29) is 6.61 Å². The lowest BCUT2D eigenvalue weighted by atomic mass is 10.4. The van der Waals surface area contributed by atoms with Gasteiger partial charge >= 0.3 is 0 Å². The lowest BCUT2D eigenvalue weighted by molar-refractivity contribution is 0.273. The van der Waals surface area contributed by atoms with Crippen LogP contribution in [0.1, 0.15) is 11.7 Å². The Morgan fingerprint density at radius 1 is 1.38 bits per heavy atom. The van der Waals surface area contributed by atoms with Gasteiger partial charge in [0.2, 0.25) is 5.89 Å². The summed E-state index contributed by atoms with van der Waals surface area (Å²) in [5.41, 5.74) is 0. The van der Waals surface area contributed by atoms with E-state index in [9.17, 15) is 0 Å². The minimum atomic E-state index is 0.0509. The van der Waals surface area contributed by atoms with Crippen LogP contribution in [-0.4, -0.2) is 47.4 Å². The standard InChI is InChI=1S/C8H15N3O2/c1-11(2)5-3-7-9-8(4-6-12)13-10-7/h12H,3-6H2,1-2H3. The van der Waals surface area contributed by atoms with E-state index in [1.54, 1.807) is 0 Å². The van der Waals surface area contributed by atoms with Crippen molar-refractivity contribution in [3.05, 3.63) is 11.7 Å². The van der Waals surface area contributed by atoms with E-state index in [0.717, 1.165) is 13.0 Å². The molecule has 0 unspecified atom stereocenters. The molecule has 0 spiro atoms. The van der Waals surface area contributed by atoms with Crippen LogP contribution >= 0.6 is 0 Å². The summed E-state index contributed by atoms with van der Waals surface area (Å²) < 4.78 is 4.90. The fraction of sp³-hybridized carbons (Fsp3) is 0.750. The predicted octanol–water partition coefficient (Wildman–Crippen LogP) is -0.292. The van der Waals surface area contributed by atoms with Crippen LogP contribution in [0.5, 0.6) is 0 Å². The van der Waals surface area contributed by atoms with E-state index >= 15 is 0 Å². The van der Waals surface area contributed by atoms with Gasteiger partial charge in [-0.25, -0.2) is 0 Å². The number of aromatic nitrogens is 2. The highest BCUT2D eigenvalue weighted by atomic mass is 16.5. The first-order chi connectivity index (χ1) is 6.22. The Morgan fingerprint density at radius 2 is 2.15 bits per heavy atom. The summed E-state index contributed by atoms with van der Waals surface area (Å²) >= 11 is 0. The van der Waals surface area contributed by atoms with E-state index in [2.05, 4.69) is 15.0 Å². The molecule has 0 radical (unpaired) electrons. The van der Waals surface area contributed by atoms with Crippen molar-refractivity contribution in [3.8, 4) is 0 Å². The van der Waals surface area contributed by atoms with E-state index in [1.165, 1.54) is 0 Å². The Bertz CT molecular complexity index is 247. The summed E-state index contributed by atoms with van der Waals surface area (Å²) in [4.78, 5) is 6.17. The first-order valence-corrected chi connectivity index (χ1v) is 4.29. The van der Waals surface area contributed by atoms with Gasteiger partial charge in [-0.1, -0.05) is 5.16 Å². The molecule has 5 heteroatoms. The van der Waals surface area contributed by atoms with E-state index < -0.39 is 0 Å². The summed E-state index contributed by atoms with van der Waals surface area (Å²) in [6.45, 7) is 0.952. The first-order valence-electron chi connectivity index (χ1n) is 4.29. The third-order valence-corrected chi connectivity index (χ3v) is 1.62. The highest BCUT2D eigenvalue weighted by Crippen LogP contribution is 1.98. The molecule has 0 saturated heterocycles. The van der Waals surface area contributed by atoms with Gasteiger partial charge in [0.1, 0.15) is 0 Å². The molecule has 5 nitrogen and oxygen atoms in total.